The molecule has 1 aromatic carbocycles. The van der Waals surface area contributed by atoms with Crippen LogP contribution in [0.15, 0.2) is 53.4 Å². The topological polar surface area (TPSA) is 42.3 Å². The molecule has 0 spiro atoms. The van der Waals surface area contributed by atoms with E-state index in [0.717, 1.165) is 23.8 Å². The molecule has 0 saturated carbocycles. The molecule has 0 bridgehead atoms. The molecule has 2 atom stereocenters. The maximum atomic E-state index is 13.7. The highest BCUT2D eigenvalue weighted by atomic mass is 19.1. The van der Waals surface area contributed by atoms with Gasteiger partial charge in [-0.2, -0.15) is 0 Å². The largest absolute Gasteiger partial charge is 0.391 e. The van der Waals surface area contributed by atoms with Gasteiger partial charge in [0.05, 0.1) is 12.1 Å². The van der Waals surface area contributed by atoms with Crippen molar-refractivity contribution in [3.05, 3.63) is 59.8 Å². The van der Waals surface area contributed by atoms with Crippen molar-refractivity contribution in [2.45, 2.75) is 44.9 Å². The minimum absolute atomic E-state index is 0.00352. The van der Waals surface area contributed by atoms with E-state index in [9.17, 15) is 9.50 Å². The zero-order valence-corrected chi connectivity index (χ0v) is 15.4. The van der Waals surface area contributed by atoms with Crippen LogP contribution in [0.3, 0.4) is 0 Å². The summed E-state index contributed by atoms with van der Waals surface area (Å²) in [5.41, 5.74) is 0.876. The van der Waals surface area contributed by atoms with E-state index in [-0.39, 0.29) is 17.4 Å². The Hall–Kier alpha value is -2.18. The van der Waals surface area contributed by atoms with Gasteiger partial charge in [-0.1, -0.05) is 12.1 Å². The third-order valence-electron chi connectivity index (χ3n) is 5.12. The Morgan fingerprint density at radius 2 is 2.08 bits per heavy atom. The van der Waals surface area contributed by atoms with Gasteiger partial charge in [0.25, 0.3) is 0 Å². The molecule has 138 valence electrons. The number of aliphatic imine (C=N–C) groups is 1. The SMILES string of the molecule is CC(C)(C)N1CC=C2N=C(N3C[C@H](O)C[C@@H]3c3cccc(F)c3)C=CN21. The Bertz CT molecular complexity index is 795. The van der Waals surface area contributed by atoms with E-state index in [1.807, 2.05) is 18.3 Å². The Balaban J connectivity index is 1.61. The Kier molecular flexibility index (Phi) is 4.12. The lowest BCUT2D eigenvalue weighted by molar-refractivity contribution is -0.00321. The van der Waals surface area contributed by atoms with Crippen LogP contribution in [0.1, 0.15) is 38.8 Å². The highest BCUT2D eigenvalue weighted by molar-refractivity contribution is 5.95. The second-order valence-electron chi connectivity index (χ2n) is 8.06. The summed E-state index contributed by atoms with van der Waals surface area (Å²) in [5, 5.41) is 14.5. The van der Waals surface area contributed by atoms with Crippen LogP contribution in [0.5, 0.6) is 0 Å². The lowest BCUT2D eigenvalue weighted by Crippen LogP contribution is -2.48. The molecule has 3 heterocycles. The normalized spacial score (nSPS) is 26.2. The molecule has 6 heteroatoms. The summed E-state index contributed by atoms with van der Waals surface area (Å²) in [6, 6.07) is 6.55. The fourth-order valence-corrected chi connectivity index (χ4v) is 3.87. The third-order valence-corrected chi connectivity index (χ3v) is 5.12. The summed E-state index contributed by atoms with van der Waals surface area (Å²) in [6.07, 6.45) is 6.25. The maximum Gasteiger partial charge on any atom is 0.146 e. The zero-order chi connectivity index (χ0) is 18.5. The van der Waals surface area contributed by atoms with Crippen molar-refractivity contribution >= 4 is 5.84 Å². The summed E-state index contributed by atoms with van der Waals surface area (Å²) >= 11 is 0. The average molecular weight is 356 g/mol. The molecule has 26 heavy (non-hydrogen) atoms. The van der Waals surface area contributed by atoms with Crippen molar-refractivity contribution in [1.82, 2.24) is 14.9 Å². The molecule has 0 radical (unpaired) electrons. The first-order valence-corrected chi connectivity index (χ1v) is 9.07. The standard InChI is InChI=1S/C20H25FN4O/c1-20(2,3)25-10-8-19-22-18(7-9-24(19)25)23-13-16(26)12-17(23)14-5-4-6-15(21)11-14/h4-9,11,16-17,26H,10,12-13H2,1-3H3/t16-,17-/m1/s1. The van der Waals surface area contributed by atoms with Gasteiger partial charge in [-0.25, -0.2) is 14.4 Å². The number of aliphatic hydroxyl groups excluding tert-OH is 1. The number of likely N-dealkylation sites (tertiary alicyclic amines) is 1. The van der Waals surface area contributed by atoms with Gasteiger partial charge in [-0.15, -0.1) is 0 Å². The predicted molar refractivity (Wildman–Crippen MR) is 99.4 cm³/mol. The molecule has 0 aliphatic carbocycles. The second-order valence-corrected chi connectivity index (χ2v) is 8.06. The second kappa shape index (κ2) is 6.21. The minimum Gasteiger partial charge on any atom is -0.391 e. The first kappa shape index (κ1) is 17.2. The average Bonchev–Trinajstić information content (AvgIpc) is 3.17. The number of hydrogen-bond donors (Lipinski definition) is 1. The first-order valence-electron chi connectivity index (χ1n) is 9.07. The number of nitrogens with zero attached hydrogens (tertiary/aromatic N) is 4. The molecule has 0 unspecified atom stereocenters. The third kappa shape index (κ3) is 3.04. The van der Waals surface area contributed by atoms with Crippen molar-refractivity contribution in [2.24, 2.45) is 4.99 Å². The maximum absolute atomic E-state index is 13.7. The first-order chi connectivity index (χ1) is 12.3. The lowest BCUT2D eigenvalue weighted by Gasteiger charge is -2.40. The van der Waals surface area contributed by atoms with Crippen LogP contribution in [-0.4, -0.2) is 50.6 Å². The quantitative estimate of drug-likeness (QED) is 0.840. The predicted octanol–water partition coefficient (Wildman–Crippen LogP) is 3.03. The Labute approximate surface area is 153 Å². The fourth-order valence-electron chi connectivity index (χ4n) is 3.87. The summed E-state index contributed by atoms with van der Waals surface area (Å²) < 4.78 is 13.7. The highest BCUT2D eigenvalue weighted by Gasteiger charge is 2.37. The number of rotatable bonds is 1. The van der Waals surface area contributed by atoms with E-state index >= 15 is 0 Å². The molecule has 0 aromatic heterocycles. The number of aliphatic hydroxyl groups is 1. The van der Waals surface area contributed by atoms with Crippen LogP contribution in [0.25, 0.3) is 0 Å². The number of β-amino-alcohol motifs (C(OH)–C–C–N with tert-alkyl or cyclic N) is 1. The van der Waals surface area contributed by atoms with Gasteiger partial charge < -0.3 is 10.0 Å². The van der Waals surface area contributed by atoms with E-state index in [1.165, 1.54) is 6.07 Å². The summed E-state index contributed by atoms with van der Waals surface area (Å²) in [5.74, 6) is 1.46. The fraction of sp³-hybridized carbons (Fsp3) is 0.450. The van der Waals surface area contributed by atoms with Crippen molar-refractivity contribution < 1.29 is 9.50 Å². The summed E-state index contributed by atoms with van der Waals surface area (Å²) in [7, 11) is 0. The number of fused-ring (bicyclic) bond motifs is 1. The van der Waals surface area contributed by atoms with Crippen LogP contribution in [0.2, 0.25) is 0 Å². The monoisotopic (exact) mass is 356 g/mol. The van der Waals surface area contributed by atoms with Crippen LogP contribution in [-0.2, 0) is 0 Å². The lowest BCUT2D eigenvalue weighted by atomic mass is 10.0. The Morgan fingerprint density at radius 3 is 2.81 bits per heavy atom. The number of hydrazine groups is 1. The van der Waals surface area contributed by atoms with Crippen LogP contribution in [0.4, 0.5) is 4.39 Å². The van der Waals surface area contributed by atoms with E-state index in [0.29, 0.717) is 13.0 Å². The molecular weight excluding hydrogens is 331 g/mol. The van der Waals surface area contributed by atoms with Gasteiger partial charge >= 0.3 is 0 Å². The number of benzene rings is 1. The van der Waals surface area contributed by atoms with Gasteiger partial charge in [0.15, 0.2) is 0 Å². The number of halogens is 1. The van der Waals surface area contributed by atoms with Crippen molar-refractivity contribution in [2.75, 3.05) is 13.1 Å². The number of amidine groups is 1. The minimum atomic E-state index is -0.443. The molecule has 0 amide bonds. The molecule has 1 saturated heterocycles. The van der Waals surface area contributed by atoms with Gasteiger partial charge in [-0.05, 0) is 57.0 Å². The van der Waals surface area contributed by atoms with Gasteiger partial charge in [-0.3, -0.25) is 5.01 Å². The zero-order valence-electron chi connectivity index (χ0n) is 15.4. The molecular formula is C20H25FN4O. The van der Waals surface area contributed by atoms with Gasteiger partial charge in [0.1, 0.15) is 17.5 Å². The molecule has 5 nitrogen and oxygen atoms in total. The molecule has 3 aliphatic rings. The van der Waals surface area contributed by atoms with Crippen molar-refractivity contribution in [3.63, 3.8) is 0 Å². The molecule has 1 N–H and O–H groups in total. The van der Waals surface area contributed by atoms with E-state index < -0.39 is 6.10 Å². The summed E-state index contributed by atoms with van der Waals surface area (Å²) in [6.45, 7) is 7.84. The molecule has 4 rings (SSSR count). The van der Waals surface area contributed by atoms with Crippen molar-refractivity contribution in [1.29, 1.82) is 0 Å². The van der Waals surface area contributed by atoms with Gasteiger partial charge in [0, 0.05) is 24.8 Å². The van der Waals surface area contributed by atoms with E-state index in [4.69, 9.17) is 4.99 Å². The number of hydrogen-bond acceptors (Lipinski definition) is 5. The summed E-state index contributed by atoms with van der Waals surface area (Å²) in [4.78, 5) is 6.90. The smallest absolute Gasteiger partial charge is 0.146 e. The highest BCUT2D eigenvalue weighted by Crippen LogP contribution is 2.35. The van der Waals surface area contributed by atoms with Gasteiger partial charge in [0.2, 0.25) is 0 Å². The van der Waals surface area contributed by atoms with Crippen LogP contribution >= 0.6 is 0 Å². The van der Waals surface area contributed by atoms with E-state index in [1.54, 1.807) is 12.1 Å². The molecule has 3 aliphatic heterocycles. The van der Waals surface area contributed by atoms with E-state index in [2.05, 4.69) is 41.8 Å². The Morgan fingerprint density at radius 1 is 1.27 bits per heavy atom. The molecule has 1 aromatic rings. The van der Waals surface area contributed by atoms with Crippen LogP contribution in [0, 0.1) is 5.82 Å². The molecule has 1 fully saturated rings. The van der Waals surface area contributed by atoms with Crippen molar-refractivity contribution in [3.8, 4) is 0 Å². The van der Waals surface area contributed by atoms with Crippen LogP contribution < -0.4 is 0 Å².